The summed E-state index contributed by atoms with van der Waals surface area (Å²) in [6, 6.07) is 7.03. The van der Waals surface area contributed by atoms with Crippen LogP contribution >= 0.6 is 0 Å². The van der Waals surface area contributed by atoms with Crippen LogP contribution in [-0.2, 0) is 17.9 Å². The quantitative estimate of drug-likeness (QED) is 0.860. The van der Waals surface area contributed by atoms with E-state index in [2.05, 4.69) is 20.2 Å². The molecule has 1 aromatic carbocycles. The Morgan fingerprint density at radius 3 is 3.04 bits per heavy atom. The number of halogens is 1. The third-order valence-electron chi connectivity index (χ3n) is 4.55. The van der Waals surface area contributed by atoms with Crippen LogP contribution < -0.4 is 10.1 Å². The van der Waals surface area contributed by atoms with Crippen LogP contribution in [0, 0.1) is 5.82 Å². The standard InChI is InChI=1S/C19H23FN4O2/c1-13(25)22-11-15-8-9-21-19(23-15)16-6-4-10-24(16)12-14-5-3-7-17(26-2)18(14)20/h3,5,7-9,16H,4,6,10-12H2,1-2H3,(H,22,25)/t16-/m1/s1. The Morgan fingerprint density at radius 2 is 2.27 bits per heavy atom. The van der Waals surface area contributed by atoms with Crippen molar-refractivity contribution in [3.63, 3.8) is 0 Å². The number of nitrogens with one attached hydrogen (secondary N) is 1. The number of hydrogen-bond donors (Lipinski definition) is 1. The van der Waals surface area contributed by atoms with Crippen LogP contribution in [0.3, 0.4) is 0 Å². The molecule has 3 rings (SSSR count). The average Bonchev–Trinajstić information content (AvgIpc) is 3.10. The number of nitrogens with zero attached hydrogens (tertiary/aromatic N) is 3. The highest BCUT2D eigenvalue weighted by Gasteiger charge is 2.29. The molecule has 1 fully saturated rings. The summed E-state index contributed by atoms with van der Waals surface area (Å²) in [6.45, 7) is 3.19. The van der Waals surface area contributed by atoms with E-state index < -0.39 is 0 Å². The third-order valence-corrected chi connectivity index (χ3v) is 4.55. The number of carbonyl (C=O) groups excluding carboxylic acids is 1. The van der Waals surface area contributed by atoms with Gasteiger partial charge >= 0.3 is 0 Å². The third kappa shape index (κ3) is 4.16. The second-order valence-electron chi connectivity index (χ2n) is 6.38. The van der Waals surface area contributed by atoms with Crippen molar-refractivity contribution in [1.82, 2.24) is 20.2 Å². The van der Waals surface area contributed by atoms with E-state index in [1.165, 1.54) is 14.0 Å². The molecule has 7 heteroatoms. The van der Waals surface area contributed by atoms with Crippen molar-refractivity contribution in [2.24, 2.45) is 0 Å². The lowest BCUT2D eigenvalue weighted by atomic mass is 10.1. The summed E-state index contributed by atoms with van der Waals surface area (Å²) in [4.78, 5) is 22.3. The fourth-order valence-corrected chi connectivity index (χ4v) is 3.25. The molecule has 0 saturated carbocycles. The number of rotatable bonds is 6. The second kappa shape index (κ2) is 8.23. The number of ether oxygens (including phenoxy) is 1. The summed E-state index contributed by atoms with van der Waals surface area (Å²) < 4.78 is 19.5. The van der Waals surface area contributed by atoms with Crippen molar-refractivity contribution < 1.29 is 13.9 Å². The summed E-state index contributed by atoms with van der Waals surface area (Å²) >= 11 is 0. The maximum absolute atomic E-state index is 14.5. The highest BCUT2D eigenvalue weighted by molar-refractivity contribution is 5.72. The number of benzene rings is 1. The van der Waals surface area contributed by atoms with Gasteiger partial charge in [0.2, 0.25) is 5.91 Å². The average molecular weight is 358 g/mol. The molecule has 1 aliphatic heterocycles. The molecule has 0 spiro atoms. The monoisotopic (exact) mass is 358 g/mol. The highest BCUT2D eigenvalue weighted by Crippen LogP contribution is 2.32. The van der Waals surface area contributed by atoms with Crippen LogP contribution in [0.25, 0.3) is 0 Å². The van der Waals surface area contributed by atoms with Gasteiger partial charge in [-0.25, -0.2) is 14.4 Å². The molecule has 0 unspecified atom stereocenters. The molecular weight excluding hydrogens is 335 g/mol. The van der Waals surface area contributed by atoms with E-state index in [0.717, 1.165) is 25.1 Å². The Bertz CT molecular complexity index is 784. The molecule has 6 nitrogen and oxygen atoms in total. The number of aromatic nitrogens is 2. The second-order valence-corrected chi connectivity index (χ2v) is 6.38. The lowest BCUT2D eigenvalue weighted by Gasteiger charge is -2.24. The van der Waals surface area contributed by atoms with Crippen molar-refractivity contribution >= 4 is 5.91 Å². The predicted molar refractivity (Wildman–Crippen MR) is 94.9 cm³/mol. The molecule has 0 bridgehead atoms. The molecule has 2 aromatic rings. The van der Waals surface area contributed by atoms with Gasteiger partial charge in [0.15, 0.2) is 11.6 Å². The fourth-order valence-electron chi connectivity index (χ4n) is 3.25. The molecule has 1 saturated heterocycles. The van der Waals surface area contributed by atoms with Gasteiger partial charge in [0.25, 0.3) is 0 Å². The van der Waals surface area contributed by atoms with Crippen molar-refractivity contribution in [2.75, 3.05) is 13.7 Å². The molecule has 0 radical (unpaired) electrons. The molecule has 26 heavy (non-hydrogen) atoms. The predicted octanol–water partition coefficient (Wildman–Crippen LogP) is 2.60. The first-order chi connectivity index (χ1) is 12.6. The van der Waals surface area contributed by atoms with Crippen molar-refractivity contribution in [3.05, 3.63) is 53.4 Å². The van der Waals surface area contributed by atoms with Crippen LogP contribution in [0.4, 0.5) is 4.39 Å². The van der Waals surface area contributed by atoms with Gasteiger partial charge in [0, 0.05) is 25.2 Å². The Labute approximate surface area is 152 Å². The lowest BCUT2D eigenvalue weighted by molar-refractivity contribution is -0.119. The van der Waals surface area contributed by atoms with Gasteiger partial charge in [-0.1, -0.05) is 12.1 Å². The van der Waals surface area contributed by atoms with E-state index in [1.54, 1.807) is 30.5 Å². The van der Waals surface area contributed by atoms with Crippen LogP contribution in [0.1, 0.15) is 42.9 Å². The van der Waals surface area contributed by atoms with Crippen LogP contribution in [0.5, 0.6) is 5.75 Å². The normalized spacial score (nSPS) is 17.3. The molecule has 1 N–H and O–H groups in total. The zero-order chi connectivity index (χ0) is 18.5. The SMILES string of the molecule is COc1cccc(CN2CCC[C@@H]2c2nccc(CNC(C)=O)n2)c1F. The first kappa shape index (κ1) is 18.3. The van der Waals surface area contributed by atoms with E-state index in [-0.39, 0.29) is 23.5 Å². The molecule has 1 atom stereocenters. The first-order valence-electron chi connectivity index (χ1n) is 8.70. The van der Waals surface area contributed by atoms with Crippen LogP contribution in [0.15, 0.2) is 30.5 Å². The van der Waals surface area contributed by atoms with Gasteiger partial charge in [-0.05, 0) is 31.5 Å². The Hall–Kier alpha value is -2.54. The summed E-state index contributed by atoms with van der Waals surface area (Å²) in [7, 11) is 1.47. The zero-order valence-electron chi connectivity index (χ0n) is 15.0. The van der Waals surface area contributed by atoms with Crippen molar-refractivity contribution in [3.8, 4) is 5.75 Å². The molecule has 138 valence electrons. The van der Waals surface area contributed by atoms with E-state index in [0.29, 0.717) is 24.5 Å². The number of likely N-dealkylation sites (tertiary alicyclic amines) is 1. The maximum atomic E-state index is 14.5. The molecule has 1 amide bonds. The minimum absolute atomic E-state index is 0.0397. The summed E-state index contributed by atoms with van der Waals surface area (Å²) in [5, 5.41) is 2.74. The molecular formula is C19H23FN4O2. The van der Waals surface area contributed by atoms with Gasteiger partial charge in [-0.2, -0.15) is 0 Å². The van der Waals surface area contributed by atoms with Gasteiger partial charge in [0.1, 0.15) is 5.82 Å². The molecule has 2 heterocycles. The van der Waals surface area contributed by atoms with Gasteiger partial charge in [-0.15, -0.1) is 0 Å². The minimum atomic E-state index is -0.319. The van der Waals surface area contributed by atoms with Crippen LogP contribution in [-0.4, -0.2) is 34.4 Å². The van der Waals surface area contributed by atoms with E-state index in [9.17, 15) is 9.18 Å². The summed E-state index contributed by atoms with van der Waals surface area (Å²) in [6.07, 6.45) is 3.65. The van der Waals surface area contributed by atoms with Crippen molar-refractivity contribution in [2.45, 2.75) is 38.9 Å². The van der Waals surface area contributed by atoms with Gasteiger partial charge < -0.3 is 10.1 Å². The Balaban J connectivity index is 1.76. The van der Waals surface area contributed by atoms with Crippen LogP contribution in [0.2, 0.25) is 0 Å². The van der Waals surface area contributed by atoms with Crippen molar-refractivity contribution in [1.29, 1.82) is 0 Å². The largest absolute Gasteiger partial charge is 0.494 e. The first-order valence-corrected chi connectivity index (χ1v) is 8.70. The Kier molecular flexibility index (Phi) is 5.78. The fraction of sp³-hybridized carbons (Fsp3) is 0.421. The van der Waals surface area contributed by atoms with E-state index >= 15 is 0 Å². The zero-order valence-corrected chi connectivity index (χ0v) is 15.0. The molecule has 1 aromatic heterocycles. The lowest BCUT2D eigenvalue weighted by Crippen LogP contribution is -2.26. The number of carbonyl (C=O) groups is 1. The molecule has 1 aliphatic rings. The number of amides is 1. The van der Waals surface area contributed by atoms with Gasteiger partial charge in [-0.3, -0.25) is 9.69 Å². The van der Waals surface area contributed by atoms with Gasteiger partial charge in [0.05, 0.1) is 25.4 Å². The summed E-state index contributed by atoms with van der Waals surface area (Å²) in [5.41, 5.74) is 1.37. The number of hydrogen-bond acceptors (Lipinski definition) is 5. The highest BCUT2D eigenvalue weighted by atomic mass is 19.1. The minimum Gasteiger partial charge on any atom is -0.494 e. The maximum Gasteiger partial charge on any atom is 0.217 e. The number of methoxy groups -OCH3 is 1. The summed E-state index contributed by atoms with van der Waals surface area (Å²) in [5.74, 6) is 0.558. The smallest absolute Gasteiger partial charge is 0.217 e. The molecule has 0 aliphatic carbocycles. The topological polar surface area (TPSA) is 67.3 Å². The van der Waals surface area contributed by atoms with E-state index in [4.69, 9.17) is 4.74 Å². The van der Waals surface area contributed by atoms with E-state index in [1.807, 2.05) is 0 Å². The Morgan fingerprint density at radius 1 is 1.42 bits per heavy atom.